The van der Waals surface area contributed by atoms with Crippen LogP contribution in [-0.4, -0.2) is 53.7 Å². The highest BCUT2D eigenvalue weighted by Crippen LogP contribution is 2.27. The lowest BCUT2D eigenvalue weighted by Crippen LogP contribution is -2.40. The molecule has 1 N–H and O–H groups in total. The molecule has 3 aromatic rings. The standard InChI is InChI=1S/C27H33N5O2/c1-20-6-4-8-23(18-20)26-29-25(34-30-26)19-31-15-10-22(11-16-31)27(33)28-13-5-14-32-17-12-21-7-2-3-9-24(21)32/h2-4,6-9,18,22H,5,10-17,19H2,1H3,(H,28,33). The maximum Gasteiger partial charge on any atom is 0.241 e. The van der Waals surface area contributed by atoms with E-state index in [1.807, 2.05) is 12.1 Å². The highest BCUT2D eigenvalue weighted by molar-refractivity contribution is 5.78. The summed E-state index contributed by atoms with van der Waals surface area (Å²) >= 11 is 0. The van der Waals surface area contributed by atoms with Gasteiger partial charge < -0.3 is 14.7 Å². The molecule has 3 heterocycles. The van der Waals surface area contributed by atoms with E-state index in [2.05, 4.69) is 68.6 Å². The number of likely N-dealkylation sites (tertiary alicyclic amines) is 1. The number of carbonyl (C=O) groups is 1. The lowest BCUT2D eigenvalue weighted by atomic mass is 9.96. The van der Waals surface area contributed by atoms with Gasteiger partial charge in [0.15, 0.2) is 0 Å². The number of benzene rings is 2. The molecular weight excluding hydrogens is 426 g/mol. The van der Waals surface area contributed by atoms with Crippen LogP contribution >= 0.6 is 0 Å². The van der Waals surface area contributed by atoms with Crippen LogP contribution in [0.4, 0.5) is 5.69 Å². The van der Waals surface area contributed by atoms with Crippen LogP contribution in [-0.2, 0) is 17.8 Å². The minimum atomic E-state index is 0.0919. The second-order valence-corrected chi connectivity index (χ2v) is 9.44. The summed E-state index contributed by atoms with van der Waals surface area (Å²) in [4.78, 5) is 22.0. The van der Waals surface area contributed by atoms with Crippen molar-refractivity contribution in [3.8, 4) is 11.4 Å². The van der Waals surface area contributed by atoms with Gasteiger partial charge in [-0.15, -0.1) is 0 Å². The third kappa shape index (κ3) is 5.30. The molecule has 0 unspecified atom stereocenters. The molecule has 0 radical (unpaired) electrons. The van der Waals surface area contributed by atoms with E-state index in [-0.39, 0.29) is 11.8 Å². The maximum absolute atomic E-state index is 12.7. The number of fused-ring (bicyclic) bond motifs is 1. The smallest absolute Gasteiger partial charge is 0.241 e. The third-order valence-corrected chi connectivity index (χ3v) is 6.95. The van der Waals surface area contributed by atoms with E-state index in [1.165, 1.54) is 16.8 Å². The van der Waals surface area contributed by atoms with Crippen molar-refractivity contribution in [1.29, 1.82) is 0 Å². The van der Waals surface area contributed by atoms with Crippen molar-refractivity contribution in [3.05, 3.63) is 65.5 Å². The van der Waals surface area contributed by atoms with Crippen LogP contribution in [0.15, 0.2) is 53.1 Å². The molecule has 1 amide bonds. The number of amides is 1. The molecule has 1 aromatic heterocycles. The van der Waals surface area contributed by atoms with E-state index < -0.39 is 0 Å². The number of piperidine rings is 1. The Kier molecular flexibility index (Phi) is 6.90. The molecule has 178 valence electrons. The van der Waals surface area contributed by atoms with Crippen molar-refractivity contribution in [2.45, 2.75) is 39.2 Å². The first-order chi connectivity index (χ1) is 16.7. The normalized spacial score (nSPS) is 16.6. The summed E-state index contributed by atoms with van der Waals surface area (Å²) in [7, 11) is 0. The average Bonchev–Trinajstić information content (AvgIpc) is 3.49. The zero-order valence-electron chi connectivity index (χ0n) is 19.9. The maximum atomic E-state index is 12.7. The predicted molar refractivity (Wildman–Crippen MR) is 132 cm³/mol. The fourth-order valence-corrected chi connectivity index (χ4v) is 5.03. The molecule has 2 aliphatic heterocycles. The third-order valence-electron chi connectivity index (χ3n) is 6.95. The number of hydrogen-bond acceptors (Lipinski definition) is 6. The van der Waals surface area contributed by atoms with Gasteiger partial charge in [0, 0.05) is 36.8 Å². The zero-order chi connectivity index (χ0) is 23.3. The summed E-state index contributed by atoms with van der Waals surface area (Å²) in [6.07, 6.45) is 3.83. The number of hydrogen-bond donors (Lipinski definition) is 1. The Labute approximate surface area is 201 Å². The first kappa shape index (κ1) is 22.6. The van der Waals surface area contributed by atoms with Gasteiger partial charge in [0.05, 0.1) is 6.54 Å². The van der Waals surface area contributed by atoms with Crippen LogP contribution in [0.1, 0.15) is 36.3 Å². The topological polar surface area (TPSA) is 74.5 Å². The molecule has 0 spiro atoms. The Balaban J connectivity index is 1.02. The highest BCUT2D eigenvalue weighted by Gasteiger charge is 2.26. The average molecular weight is 460 g/mol. The molecule has 2 aromatic carbocycles. The summed E-state index contributed by atoms with van der Waals surface area (Å²) < 4.78 is 5.48. The lowest BCUT2D eigenvalue weighted by Gasteiger charge is -2.30. The van der Waals surface area contributed by atoms with Crippen molar-refractivity contribution >= 4 is 11.6 Å². The van der Waals surface area contributed by atoms with Gasteiger partial charge in [0.25, 0.3) is 0 Å². The Morgan fingerprint density at radius 2 is 1.97 bits per heavy atom. The van der Waals surface area contributed by atoms with Crippen LogP contribution in [0.3, 0.4) is 0 Å². The van der Waals surface area contributed by atoms with Crippen LogP contribution in [0, 0.1) is 12.8 Å². The first-order valence-corrected chi connectivity index (χ1v) is 12.4. The number of aromatic nitrogens is 2. The number of anilines is 1. The molecule has 1 fully saturated rings. The number of aryl methyl sites for hydroxylation is 1. The SMILES string of the molecule is Cc1cccc(-c2noc(CN3CCC(C(=O)NCCCN4CCc5ccccc54)CC3)n2)c1. The van der Waals surface area contributed by atoms with Crippen LogP contribution in [0.5, 0.6) is 0 Å². The molecular formula is C27H33N5O2. The molecule has 7 nitrogen and oxygen atoms in total. The minimum Gasteiger partial charge on any atom is -0.371 e. The first-order valence-electron chi connectivity index (χ1n) is 12.4. The van der Waals surface area contributed by atoms with E-state index in [9.17, 15) is 4.79 Å². The Morgan fingerprint density at radius 1 is 1.12 bits per heavy atom. The fourth-order valence-electron chi connectivity index (χ4n) is 5.03. The summed E-state index contributed by atoms with van der Waals surface area (Å²) in [5.74, 6) is 1.54. The molecule has 0 saturated carbocycles. The van der Waals surface area contributed by atoms with Crippen LogP contribution in [0.2, 0.25) is 0 Å². The molecule has 0 aliphatic carbocycles. The summed E-state index contributed by atoms with van der Waals surface area (Å²) in [5, 5.41) is 7.30. The van der Waals surface area contributed by atoms with Gasteiger partial charge in [-0.05, 0) is 63.4 Å². The predicted octanol–water partition coefficient (Wildman–Crippen LogP) is 3.83. The molecule has 7 heteroatoms. The van der Waals surface area contributed by atoms with Gasteiger partial charge in [-0.3, -0.25) is 9.69 Å². The monoisotopic (exact) mass is 459 g/mol. The van der Waals surface area contributed by atoms with Crippen molar-refractivity contribution < 1.29 is 9.32 Å². The van der Waals surface area contributed by atoms with E-state index in [0.29, 0.717) is 18.3 Å². The Bertz CT molecular complexity index is 1120. The molecule has 34 heavy (non-hydrogen) atoms. The number of para-hydroxylation sites is 1. The van der Waals surface area contributed by atoms with E-state index >= 15 is 0 Å². The Morgan fingerprint density at radius 3 is 2.82 bits per heavy atom. The number of nitrogens with one attached hydrogen (secondary N) is 1. The second-order valence-electron chi connectivity index (χ2n) is 9.44. The van der Waals surface area contributed by atoms with Crippen molar-refractivity contribution in [3.63, 3.8) is 0 Å². The van der Waals surface area contributed by atoms with Gasteiger partial charge in [-0.2, -0.15) is 4.98 Å². The van der Waals surface area contributed by atoms with Gasteiger partial charge in [-0.25, -0.2) is 0 Å². The van der Waals surface area contributed by atoms with E-state index in [4.69, 9.17) is 4.52 Å². The number of carbonyl (C=O) groups excluding carboxylic acids is 1. The van der Waals surface area contributed by atoms with Gasteiger partial charge in [0.2, 0.25) is 17.6 Å². The summed E-state index contributed by atoms with van der Waals surface area (Å²) in [6, 6.07) is 16.7. The van der Waals surface area contributed by atoms with E-state index in [0.717, 1.165) is 64.0 Å². The molecule has 0 atom stereocenters. The van der Waals surface area contributed by atoms with Gasteiger partial charge in [0.1, 0.15) is 0 Å². The van der Waals surface area contributed by atoms with Crippen molar-refractivity contribution in [1.82, 2.24) is 20.4 Å². The summed E-state index contributed by atoms with van der Waals surface area (Å²) in [6.45, 7) is 7.22. The molecule has 1 saturated heterocycles. The molecule has 5 rings (SSSR count). The number of rotatable bonds is 8. The highest BCUT2D eigenvalue weighted by atomic mass is 16.5. The van der Waals surface area contributed by atoms with Gasteiger partial charge >= 0.3 is 0 Å². The second kappa shape index (κ2) is 10.4. The van der Waals surface area contributed by atoms with Gasteiger partial charge in [-0.1, -0.05) is 47.1 Å². The molecule has 0 bridgehead atoms. The van der Waals surface area contributed by atoms with Crippen LogP contribution in [0.25, 0.3) is 11.4 Å². The van der Waals surface area contributed by atoms with Crippen LogP contribution < -0.4 is 10.2 Å². The molecule has 2 aliphatic rings. The lowest BCUT2D eigenvalue weighted by molar-refractivity contribution is -0.126. The Hall–Kier alpha value is -3.19. The zero-order valence-corrected chi connectivity index (χ0v) is 19.9. The number of nitrogens with zero attached hydrogens (tertiary/aromatic N) is 4. The minimum absolute atomic E-state index is 0.0919. The van der Waals surface area contributed by atoms with Crippen molar-refractivity contribution in [2.24, 2.45) is 5.92 Å². The fraction of sp³-hybridized carbons (Fsp3) is 0.444. The van der Waals surface area contributed by atoms with E-state index in [1.54, 1.807) is 0 Å². The quantitative estimate of drug-likeness (QED) is 0.516. The van der Waals surface area contributed by atoms with Crippen molar-refractivity contribution in [2.75, 3.05) is 37.6 Å². The largest absolute Gasteiger partial charge is 0.371 e. The summed E-state index contributed by atoms with van der Waals surface area (Å²) in [5.41, 5.74) is 4.93.